The summed E-state index contributed by atoms with van der Waals surface area (Å²) in [5.74, 6) is 0. The highest BCUT2D eigenvalue weighted by Crippen LogP contribution is 2.26. The molecule has 1 heterocycles. The molecule has 0 radical (unpaired) electrons. The lowest BCUT2D eigenvalue weighted by atomic mass is 9.97. The van der Waals surface area contributed by atoms with Gasteiger partial charge in [0.2, 0.25) is 0 Å². The van der Waals surface area contributed by atoms with Crippen molar-refractivity contribution >= 4 is 21.6 Å². The fourth-order valence-corrected chi connectivity index (χ4v) is 3.47. The van der Waals surface area contributed by atoms with Gasteiger partial charge in [0.05, 0.1) is 0 Å². The van der Waals surface area contributed by atoms with E-state index in [0.717, 1.165) is 31.7 Å². The van der Waals surface area contributed by atoms with Gasteiger partial charge in [-0.25, -0.2) is 0 Å². The molecule has 0 fully saturated rings. The average molecular weight is 331 g/mol. The van der Waals surface area contributed by atoms with Gasteiger partial charge in [0.15, 0.2) is 0 Å². The Morgan fingerprint density at radius 2 is 2.10 bits per heavy atom. The molecule has 0 spiro atoms. The standard InChI is InChI=1S/C17H19BrN2/c1-12-5-6-14(16(18)9-12)11-20-8-7-15-13(10-20)3-2-4-17(15)19/h2-6,9H,7-8,10-11,19H2,1H3. The summed E-state index contributed by atoms with van der Waals surface area (Å²) in [6, 6.07) is 12.8. The number of halogens is 1. The van der Waals surface area contributed by atoms with E-state index in [1.54, 1.807) is 0 Å². The molecule has 2 aromatic rings. The molecule has 0 saturated heterocycles. The highest BCUT2D eigenvalue weighted by atomic mass is 79.9. The lowest BCUT2D eigenvalue weighted by Crippen LogP contribution is -2.30. The predicted octanol–water partition coefficient (Wildman–Crippen LogP) is 3.90. The number of anilines is 1. The third-order valence-corrected chi connectivity index (χ3v) is 4.72. The molecule has 104 valence electrons. The van der Waals surface area contributed by atoms with Crippen molar-refractivity contribution in [3.63, 3.8) is 0 Å². The number of rotatable bonds is 2. The van der Waals surface area contributed by atoms with Gasteiger partial charge in [-0.3, -0.25) is 4.90 Å². The van der Waals surface area contributed by atoms with Gasteiger partial charge in [-0.1, -0.05) is 40.2 Å². The number of hydrogen-bond donors (Lipinski definition) is 1. The minimum absolute atomic E-state index is 0.943. The van der Waals surface area contributed by atoms with Crippen LogP contribution in [0.15, 0.2) is 40.9 Å². The van der Waals surface area contributed by atoms with E-state index in [1.165, 1.54) is 26.7 Å². The minimum Gasteiger partial charge on any atom is -0.398 e. The maximum Gasteiger partial charge on any atom is 0.0350 e. The minimum atomic E-state index is 0.943. The first kappa shape index (κ1) is 13.7. The number of benzene rings is 2. The molecule has 1 aliphatic heterocycles. The molecule has 0 amide bonds. The quantitative estimate of drug-likeness (QED) is 0.846. The van der Waals surface area contributed by atoms with Crippen molar-refractivity contribution in [2.75, 3.05) is 12.3 Å². The summed E-state index contributed by atoms with van der Waals surface area (Å²) in [5.41, 5.74) is 12.4. The summed E-state index contributed by atoms with van der Waals surface area (Å²) in [6.07, 6.45) is 1.05. The average Bonchev–Trinajstić information content (AvgIpc) is 2.42. The van der Waals surface area contributed by atoms with Gasteiger partial charge in [0.25, 0.3) is 0 Å². The summed E-state index contributed by atoms with van der Waals surface area (Å²) < 4.78 is 1.20. The number of nitrogens with zero attached hydrogens (tertiary/aromatic N) is 1. The largest absolute Gasteiger partial charge is 0.398 e. The Bertz CT molecular complexity index is 637. The molecule has 3 rings (SSSR count). The summed E-state index contributed by atoms with van der Waals surface area (Å²) in [6.45, 7) is 5.16. The van der Waals surface area contributed by atoms with E-state index in [0.29, 0.717) is 0 Å². The number of nitrogens with two attached hydrogens (primary N) is 1. The molecule has 0 unspecified atom stereocenters. The van der Waals surface area contributed by atoms with Crippen LogP contribution in [0.5, 0.6) is 0 Å². The molecule has 0 aliphatic carbocycles. The smallest absolute Gasteiger partial charge is 0.0350 e. The lowest BCUT2D eigenvalue weighted by molar-refractivity contribution is 0.245. The van der Waals surface area contributed by atoms with Crippen LogP contribution in [0, 0.1) is 6.92 Å². The van der Waals surface area contributed by atoms with Crippen LogP contribution < -0.4 is 5.73 Å². The molecular formula is C17H19BrN2. The summed E-state index contributed by atoms with van der Waals surface area (Å²) in [4.78, 5) is 2.48. The van der Waals surface area contributed by atoms with Gasteiger partial charge in [-0.2, -0.15) is 0 Å². The number of fused-ring (bicyclic) bond motifs is 1. The molecule has 2 N–H and O–H groups in total. The first-order chi connectivity index (χ1) is 9.63. The van der Waals surface area contributed by atoms with Crippen LogP contribution in [0.1, 0.15) is 22.3 Å². The van der Waals surface area contributed by atoms with Crippen LogP contribution in [0.4, 0.5) is 5.69 Å². The van der Waals surface area contributed by atoms with Crippen molar-refractivity contribution in [2.24, 2.45) is 0 Å². The highest BCUT2D eigenvalue weighted by molar-refractivity contribution is 9.10. The van der Waals surface area contributed by atoms with Crippen LogP contribution in [0.3, 0.4) is 0 Å². The van der Waals surface area contributed by atoms with E-state index in [-0.39, 0.29) is 0 Å². The molecule has 0 saturated carbocycles. The summed E-state index contributed by atoms with van der Waals surface area (Å²) in [7, 11) is 0. The Labute approximate surface area is 128 Å². The van der Waals surface area contributed by atoms with E-state index in [1.807, 2.05) is 6.07 Å². The SMILES string of the molecule is Cc1ccc(CN2CCc3c(N)cccc3C2)c(Br)c1. The van der Waals surface area contributed by atoms with Gasteiger partial charge >= 0.3 is 0 Å². The van der Waals surface area contributed by atoms with Crippen molar-refractivity contribution in [1.29, 1.82) is 0 Å². The second kappa shape index (κ2) is 5.58. The summed E-state index contributed by atoms with van der Waals surface area (Å²) in [5, 5.41) is 0. The van der Waals surface area contributed by atoms with Crippen LogP contribution >= 0.6 is 15.9 Å². The first-order valence-corrected chi connectivity index (χ1v) is 7.76. The zero-order valence-corrected chi connectivity index (χ0v) is 13.3. The molecule has 3 heteroatoms. The van der Waals surface area contributed by atoms with E-state index >= 15 is 0 Å². The van der Waals surface area contributed by atoms with E-state index in [2.05, 4.69) is 58.1 Å². The van der Waals surface area contributed by atoms with Crippen molar-refractivity contribution < 1.29 is 0 Å². The predicted molar refractivity (Wildman–Crippen MR) is 87.6 cm³/mol. The van der Waals surface area contributed by atoms with Crippen LogP contribution in [-0.4, -0.2) is 11.4 Å². The molecule has 1 aliphatic rings. The van der Waals surface area contributed by atoms with Crippen LogP contribution in [0.25, 0.3) is 0 Å². The zero-order valence-electron chi connectivity index (χ0n) is 11.7. The Morgan fingerprint density at radius 3 is 2.90 bits per heavy atom. The zero-order chi connectivity index (χ0) is 14.1. The third kappa shape index (κ3) is 2.74. The van der Waals surface area contributed by atoms with Gasteiger partial charge in [-0.15, -0.1) is 0 Å². The lowest BCUT2D eigenvalue weighted by Gasteiger charge is -2.29. The molecule has 0 aromatic heterocycles. The third-order valence-electron chi connectivity index (χ3n) is 3.98. The maximum absolute atomic E-state index is 6.05. The second-order valence-corrected chi connectivity index (χ2v) is 6.39. The fraction of sp³-hybridized carbons (Fsp3) is 0.294. The molecule has 2 aromatic carbocycles. The van der Waals surface area contributed by atoms with Crippen molar-refractivity contribution in [2.45, 2.75) is 26.4 Å². The van der Waals surface area contributed by atoms with E-state index in [4.69, 9.17) is 5.73 Å². The Morgan fingerprint density at radius 1 is 1.25 bits per heavy atom. The Kier molecular flexibility index (Phi) is 3.81. The normalized spacial score (nSPS) is 15.1. The Balaban J connectivity index is 1.77. The fourth-order valence-electron chi connectivity index (χ4n) is 2.85. The molecule has 20 heavy (non-hydrogen) atoms. The number of nitrogen functional groups attached to an aromatic ring is 1. The van der Waals surface area contributed by atoms with Gasteiger partial charge < -0.3 is 5.73 Å². The highest BCUT2D eigenvalue weighted by Gasteiger charge is 2.18. The molecule has 0 bridgehead atoms. The van der Waals surface area contributed by atoms with Crippen molar-refractivity contribution in [3.8, 4) is 0 Å². The van der Waals surface area contributed by atoms with Gasteiger partial charge in [-0.05, 0) is 47.7 Å². The molecule has 2 nitrogen and oxygen atoms in total. The maximum atomic E-state index is 6.05. The van der Waals surface area contributed by atoms with Crippen molar-refractivity contribution in [3.05, 3.63) is 63.1 Å². The van der Waals surface area contributed by atoms with Crippen LogP contribution in [0.2, 0.25) is 0 Å². The van der Waals surface area contributed by atoms with Crippen molar-refractivity contribution in [1.82, 2.24) is 4.90 Å². The number of hydrogen-bond acceptors (Lipinski definition) is 2. The monoisotopic (exact) mass is 330 g/mol. The number of aryl methyl sites for hydroxylation is 1. The Hall–Kier alpha value is -1.32. The van der Waals surface area contributed by atoms with Gasteiger partial charge in [0.1, 0.15) is 0 Å². The molecular weight excluding hydrogens is 312 g/mol. The topological polar surface area (TPSA) is 29.3 Å². The van der Waals surface area contributed by atoms with Gasteiger partial charge in [0, 0.05) is 29.8 Å². The second-order valence-electron chi connectivity index (χ2n) is 5.54. The first-order valence-electron chi connectivity index (χ1n) is 6.97. The van der Waals surface area contributed by atoms with E-state index < -0.39 is 0 Å². The summed E-state index contributed by atoms with van der Waals surface area (Å²) >= 11 is 3.67. The van der Waals surface area contributed by atoms with Crippen LogP contribution in [-0.2, 0) is 19.5 Å². The van der Waals surface area contributed by atoms with E-state index in [9.17, 15) is 0 Å². The molecule has 0 atom stereocenters.